The van der Waals surface area contributed by atoms with Gasteiger partial charge in [0.25, 0.3) is 0 Å². The number of thiophene rings is 1. The van der Waals surface area contributed by atoms with E-state index in [9.17, 15) is 9.59 Å². The lowest BCUT2D eigenvalue weighted by atomic mass is 9.99. The summed E-state index contributed by atoms with van der Waals surface area (Å²) < 4.78 is 0. The smallest absolute Gasteiger partial charge is 0.303 e. The number of rotatable bonds is 7. The summed E-state index contributed by atoms with van der Waals surface area (Å²) >= 11 is 1.56. The van der Waals surface area contributed by atoms with E-state index in [1.54, 1.807) is 11.3 Å². The third-order valence-corrected chi connectivity index (χ3v) is 4.30. The van der Waals surface area contributed by atoms with E-state index in [4.69, 9.17) is 5.11 Å². The Hall–Kier alpha value is -2.14. The van der Waals surface area contributed by atoms with E-state index in [2.05, 4.69) is 5.32 Å². The molecule has 1 amide bonds. The number of amides is 1. The van der Waals surface area contributed by atoms with Gasteiger partial charge in [0.05, 0.1) is 12.0 Å². The largest absolute Gasteiger partial charge is 0.481 e. The van der Waals surface area contributed by atoms with Crippen molar-refractivity contribution in [1.82, 2.24) is 5.32 Å². The van der Waals surface area contributed by atoms with E-state index < -0.39 is 5.97 Å². The van der Waals surface area contributed by atoms with E-state index in [0.29, 0.717) is 6.42 Å². The van der Waals surface area contributed by atoms with Gasteiger partial charge in [-0.2, -0.15) is 11.3 Å². The minimum atomic E-state index is -0.860. The van der Waals surface area contributed by atoms with Crippen LogP contribution < -0.4 is 5.32 Å². The summed E-state index contributed by atoms with van der Waals surface area (Å²) in [5, 5.41) is 15.8. The first kappa shape index (κ1) is 16.2. The quantitative estimate of drug-likeness (QED) is 0.820. The molecule has 2 aromatic rings. The van der Waals surface area contributed by atoms with Gasteiger partial charge in [-0.3, -0.25) is 9.59 Å². The van der Waals surface area contributed by atoms with Gasteiger partial charge >= 0.3 is 5.97 Å². The first-order valence-corrected chi connectivity index (χ1v) is 8.11. The molecule has 0 fully saturated rings. The standard InChI is InChI=1S/C17H19NO3S/c1-12(14-9-10-22-11-14)17(21)18-15(7-8-16(19)20)13-5-3-2-4-6-13/h2-6,9-12,15H,7-8H2,1H3,(H,18,21)(H,19,20). The van der Waals surface area contributed by atoms with Crippen LogP contribution in [0.1, 0.15) is 42.9 Å². The predicted octanol–water partition coefficient (Wildman–Crippen LogP) is 3.57. The molecule has 1 aromatic carbocycles. The maximum atomic E-state index is 12.4. The van der Waals surface area contributed by atoms with Crippen molar-refractivity contribution in [3.8, 4) is 0 Å². The Kier molecular flexibility index (Phi) is 5.72. The zero-order valence-electron chi connectivity index (χ0n) is 12.4. The monoisotopic (exact) mass is 317 g/mol. The fourth-order valence-electron chi connectivity index (χ4n) is 2.24. The topological polar surface area (TPSA) is 66.4 Å². The highest BCUT2D eigenvalue weighted by atomic mass is 32.1. The minimum Gasteiger partial charge on any atom is -0.481 e. The molecule has 0 spiro atoms. The van der Waals surface area contributed by atoms with Crippen LogP contribution in [0.5, 0.6) is 0 Å². The lowest BCUT2D eigenvalue weighted by Gasteiger charge is -2.21. The number of aliphatic carboxylic acids is 1. The summed E-state index contributed by atoms with van der Waals surface area (Å²) in [7, 11) is 0. The van der Waals surface area contributed by atoms with Crippen LogP contribution in [0.2, 0.25) is 0 Å². The first-order chi connectivity index (χ1) is 10.6. The second-order valence-corrected chi connectivity index (χ2v) is 5.96. The Morgan fingerprint density at radius 3 is 2.50 bits per heavy atom. The number of benzene rings is 1. The van der Waals surface area contributed by atoms with E-state index >= 15 is 0 Å². The van der Waals surface area contributed by atoms with Gasteiger partial charge < -0.3 is 10.4 Å². The summed E-state index contributed by atoms with van der Waals surface area (Å²) in [6.07, 6.45) is 0.397. The van der Waals surface area contributed by atoms with E-state index in [1.807, 2.05) is 54.1 Å². The van der Waals surface area contributed by atoms with Gasteiger partial charge in [0, 0.05) is 6.42 Å². The lowest BCUT2D eigenvalue weighted by Crippen LogP contribution is -2.32. The molecule has 5 heteroatoms. The molecule has 1 heterocycles. The van der Waals surface area contributed by atoms with Crippen LogP contribution in [-0.4, -0.2) is 17.0 Å². The number of carboxylic acid groups (broad SMARTS) is 1. The number of carbonyl (C=O) groups is 2. The fraction of sp³-hybridized carbons (Fsp3) is 0.294. The van der Waals surface area contributed by atoms with Gasteiger partial charge in [-0.1, -0.05) is 30.3 Å². The van der Waals surface area contributed by atoms with Crippen molar-refractivity contribution in [2.24, 2.45) is 0 Å². The second-order valence-electron chi connectivity index (χ2n) is 5.18. The van der Waals surface area contributed by atoms with Crippen LogP contribution in [-0.2, 0) is 9.59 Å². The van der Waals surface area contributed by atoms with Crippen LogP contribution in [0.3, 0.4) is 0 Å². The minimum absolute atomic E-state index is 0.0205. The molecule has 0 saturated carbocycles. The van der Waals surface area contributed by atoms with Crippen LogP contribution in [0, 0.1) is 0 Å². The SMILES string of the molecule is CC(C(=O)NC(CCC(=O)O)c1ccccc1)c1ccsc1. The average Bonchev–Trinajstić information content (AvgIpc) is 3.05. The molecule has 116 valence electrons. The summed E-state index contributed by atoms with van der Waals surface area (Å²) in [6.45, 7) is 1.86. The van der Waals surface area contributed by atoms with E-state index in [0.717, 1.165) is 11.1 Å². The molecule has 4 nitrogen and oxygen atoms in total. The molecule has 0 saturated heterocycles. The molecule has 0 aliphatic rings. The van der Waals surface area contributed by atoms with Gasteiger partial charge in [0.2, 0.25) is 5.91 Å². The third-order valence-electron chi connectivity index (χ3n) is 3.60. The van der Waals surface area contributed by atoms with Crippen LogP contribution in [0.15, 0.2) is 47.2 Å². The lowest BCUT2D eigenvalue weighted by molar-refractivity contribution is -0.137. The average molecular weight is 317 g/mol. The van der Waals surface area contributed by atoms with Crippen molar-refractivity contribution in [3.63, 3.8) is 0 Å². The summed E-state index contributed by atoms with van der Waals surface area (Å²) in [5.41, 5.74) is 1.90. The molecule has 2 atom stereocenters. The Bertz CT molecular complexity index is 610. The molecule has 2 rings (SSSR count). The van der Waals surface area contributed by atoms with Gasteiger partial charge in [0.1, 0.15) is 0 Å². The van der Waals surface area contributed by atoms with E-state index in [-0.39, 0.29) is 24.3 Å². The molecule has 1 aromatic heterocycles. The highest BCUT2D eigenvalue weighted by Crippen LogP contribution is 2.22. The molecule has 0 radical (unpaired) electrons. The maximum Gasteiger partial charge on any atom is 0.303 e. The van der Waals surface area contributed by atoms with Crippen LogP contribution in [0.4, 0.5) is 0 Å². The molecule has 0 aliphatic heterocycles. The Morgan fingerprint density at radius 2 is 1.91 bits per heavy atom. The normalized spacial score (nSPS) is 13.3. The van der Waals surface area contributed by atoms with Crippen molar-refractivity contribution in [3.05, 3.63) is 58.3 Å². The molecule has 0 bridgehead atoms. The third kappa shape index (κ3) is 4.43. The highest BCUT2D eigenvalue weighted by molar-refractivity contribution is 7.08. The zero-order chi connectivity index (χ0) is 15.9. The fourth-order valence-corrected chi connectivity index (χ4v) is 3.00. The van der Waals surface area contributed by atoms with E-state index in [1.165, 1.54) is 0 Å². The maximum absolute atomic E-state index is 12.4. The van der Waals surface area contributed by atoms with Gasteiger partial charge in [-0.05, 0) is 41.3 Å². The van der Waals surface area contributed by atoms with Crippen molar-refractivity contribution < 1.29 is 14.7 Å². The summed E-state index contributed by atoms with van der Waals surface area (Å²) in [5.74, 6) is -1.19. The molecular formula is C17H19NO3S. The van der Waals surface area contributed by atoms with Crippen LogP contribution >= 0.6 is 11.3 Å². The number of carbonyl (C=O) groups excluding carboxylic acids is 1. The van der Waals surface area contributed by atoms with Crippen molar-refractivity contribution >= 4 is 23.2 Å². The summed E-state index contributed by atoms with van der Waals surface area (Å²) in [6, 6.07) is 11.1. The predicted molar refractivity (Wildman–Crippen MR) is 86.9 cm³/mol. The number of carboxylic acids is 1. The van der Waals surface area contributed by atoms with Crippen molar-refractivity contribution in [2.45, 2.75) is 31.7 Å². The second kappa shape index (κ2) is 7.75. The molecular weight excluding hydrogens is 298 g/mol. The molecule has 22 heavy (non-hydrogen) atoms. The van der Waals surface area contributed by atoms with Gasteiger partial charge in [0.15, 0.2) is 0 Å². The summed E-state index contributed by atoms with van der Waals surface area (Å²) in [4.78, 5) is 23.2. The Labute approximate surface area is 133 Å². The first-order valence-electron chi connectivity index (χ1n) is 7.17. The Balaban J connectivity index is 2.08. The Morgan fingerprint density at radius 1 is 1.18 bits per heavy atom. The van der Waals surface area contributed by atoms with Gasteiger partial charge in [-0.15, -0.1) is 0 Å². The van der Waals surface area contributed by atoms with Gasteiger partial charge in [-0.25, -0.2) is 0 Å². The molecule has 2 N–H and O–H groups in total. The van der Waals surface area contributed by atoms with Crippen molar-refractivity contribution in [1.29, 1.82) is 0 Å². The highest BCUT2D eigenvalue weighted by Gasteiger charge is 2.21. The van der Waals surface area contributed by atoms with Crippen molar-refractivity contribution in [2.75, 3.05) is 0 Å². The zero-order valence-corrected chi connectivity index (χ0v) is 13.2. The molecule has 0 aliphatic carbocycles. The molecule has 2 unspecified atom stereocenters. The van der Waals surface area contributed by atoms with Crippen LogP contribution in [0.25, 0.3) is 0 Å². The number of nitrogens with one attached hydrogen (secondary N) is 1. The number of hydrogen-bond acceptors (Lipinski definition) is 3. The number of hydrogen-bond donors (Lipinski definition) is 2.